The van der Waals surface area contributed by atoms with Gasteiger partial charge in [0.2, 0.25) is 5.91 Å². The molecule has 0 fully saturated rings. The van der Waals surface area contributed by atoms with Crippen LogP contribution in [-0.4, -0.2) is 12.5 Å². The second-order valence-corrected chi connectivity index (χ2v) is 4.95. The molecule has 0 radical (unpaired) electrons. The molecule has 0 saturated heterocycles. The highest BCUT2D eigenvalue weighted by Crippen LogP contribution is 2.18. The van der Waals surface area contributed by atoms with Gasteiger partial charge in [-0.3, -0.25) is 4.79 Å². The number of nitrogens with one attached hydrogen (secondary N) is 1. The predicted octanol–water partition coefficient (Wildman–Crippen LogP) is 3.73. The first-order valence-electron chi connectivity index (χ1n) is 7.01. The van der Waals surface area contributed by atoms with Crippen molar-refractivity contribution in [2.75, 3.05) is 6.54 Å². The molecule has 0 heterocycles. The third-order valence-electron chi connectivity index (χ3n) is 3.46. The van der Waals surface area contributed by atoms with Gasteiger partial charge in [0, 0.05) is 18.4 Å². The maximum Gasteiger partial charge on any atom is 0.222 e. The first-order chi connectivity index (χ1) is 8.69. The maximum atomic E-state index is 11.9. The first kappa shape index (κ1) is 14.7. The average molecular weight is 247 g/mol. The van der Waals surface area contributed by atoms with E-state index in [1.165, 1.54) is 5.56 Å². The molecular formula is C16H25NO. The molecule has 100 valence electrons. The normalized spacial score (nSPS) is 13.9. The summed E-state index contributed by atoms with van der Waals surface area (Å²) >= 11 is 0. The number of amides is 1. The van der Waals surface area contributed by atoms with E-state index in [9.17, 15) is 4.79 Å². The molecule has 2 unspecified atom stereocenters. The van der Waals surface area contributed by atoms with Crippen molar-refractivity contribution in [3.63, 3.8) is 0 Å². The monoisotopic (exact) mass is 247 g/mol. The Balaban J connectivity index is 2.48. The van der Waals surface area contributed by atoms with Crippen LogP contribution in [0.5, 0.6) is 0 Å². The first-order valence-corrected chi connectivity index (χ1v) is 7.01. The molecule has 0 saturated carbocycles. The van der Waals surface area contributed by atoms with Gasteiger partial charge in [0.25, 0.3) is 0 Å². The zero-order valence-corrected chi connectivity index (χ0v) is 11.8. The van der Waals surface area contributed by atoms with Crippen LogP contribution in [0.2, 0.25) is 0 Å². The largest absolute Gasteiger partial charge is 0.355 e. The second kappa shape index (κ2) is 7.91. The zero-order valence-electron chi connectivity index (χ0n) is 11.8. The number of hydrogen-bond donors (Lipinski definition) is 1. The van der Waals surface area contributed by atoms with E-state index in [1.54, 1.807) is 0 Å². The third kappa shape index (κ3) is 4.52. The lowest BCUT2D eigenvalue weighted by Crippen LogP contribution is -2.32. The van der Waals surface area contributed by atoms with Gasteiger partial charge >= 0.3 is 0 Å². The summed E-state index contributed by atoms with van der Waals surface area (Å²) in [4.78, 5) is 11.9. The highest BCUT2D eigenvalue weighted by molar-refractivity contribution is 5.78. The van der Waals surface area contributed by atoms with E-state index in [0.717, 1.165) is 25.8 Å². The van der Waals surface area contributed by atoms with Gasteiger partial charge in [-0.1, -0.05) is 57.5 Å². The van der Waals surface area contributed by atoms with Gasteiger partial charge in [0.1, 0.15) is 0 Å². The topological polar surface area (TPSA) is 29.1 Å². The lowest BCUT2D eigenvalue weighted by molar-refractivity contribution is -0.124. The van der Waals surface area contributed by atoms with E-state index in [2.05, 4.69) is 43.4 Å². The summed E-state index contributed by atoms with van der Waals surface area (Å²) in [6.07, 6.45) is 3.07. The summed E-state index contributed by atoms with van der Waals surface area (Å²) in [6, 6.07) is 10.4. The molecule has 2 heteroatoms. The van der Waals surface area contributed by atoms with Crippen LogP contribution in [-0.2, 0) is 4.79 Å². The maximum absolute atomic E-state index is 11.9. The van der Waals surface area contributed by atoms with Gasteiger partial charge in [-0.15, -0.1) is 0 Å². The van der Waals surface area contributed by atoms with E-state index in [4.69, 9.17) is 0 Å². The SMILES string of the molecule is CCCC(C)C(=O)NCC(CC)c1ccccc1. The van der Waals surface area contributed by atoms with Crippen LogP contribution >= 0.6 is 0 Å². The van der Waals surface area contributed by atoms with Crippen LogP contribution in [0.3, 0.4) is 0 Å². The highest BCUT2D eigenvalue weighted by atomic mass is 16.1. The average Bonchev–Trinajstić information content (AvgIpc) is 2.40. The van der Waals surface area contributed by atoms with Gasteiger partial charge in [0.05, 0.1) is 0 Å². The number of carbonyl (C=O) groups is 1. The minimum absolute atomic E-state index is 0.128. The van der Waals surface area contributed by atoms with Crippen molar-refractivity contribution in [1.82, 2.24) is 5.32 Å². The van der Waals surface area contributed by atoms with Crippen molar-refractivity contribution in [3.05, 3.63) is 35.9 Å². The van der Waals surface area contributed by atoms with Crippen LogP contribution in [0.15, 0.2) is 30.3 Å². The molecule has 2 nitrogen and oxygen atoms in total. The Morgan fingerprint density at radius 2 is 1.89 bits per heavy atom. The Kier molecular flexibility index (Phi) is 6.48. The minimum atomic E-state index is 0.128. The molecule has 0 aliphatic heterocycles. The molecule has 1 amide bonds. The number of carbonyl (C=O) groups excluding carboxylic acids is 1. The molecule has 1 aromatic carbocycles. The summed E-state index contributed by atoms with van der Waals surface area (Å²) < 4.78 is 0. The van der Waals surface area contributed by atoms with Crippen molar-refractivity contribution in [2.24, 2.45) is 5.92 Å². The third-order valence-corrected chi connectivity index (χ3v) is 3.46. The Morgan fingerprint density at radius 3 is 2.44 bits per heavy atom. The smallest absolute Gasteiger partial charge is 0.222 e. The van der Waals surface area contributed by atoms with Crippen molar-refractivity contribution in [1.29, 1.82) is 0 Å². The molecule has 0 aliphatic rings. The highest BCUT2D eigenvalue weighted by Gasteiger charge is 2.14. The Labute approximate surface area is 111 Å². The fourth-order valence-electron chi connectivity index (χ4n) is 2.19. The van der Waals surface area contributed by atoms with Crippen LogP contribution < -0.4 is 5.32 Å². The van der Waals surface area contributed by atoms with E-state index in [1.807, 2.05) is 13.0 Å². The summed E-state index contributed by atoms with van der Waals surface area (Å²) in [7, 11) is 0. The van der Waals surface area contributed by atoms with Gasteiger partial charge in [0.15, 0.2) is 0 Å². The molecule has 2 atom stereocenters. The summed E-state index contributed by atoms with van der Waals surface area (Å²) in [5.41, 5.74) is 1.31. The molecule has 0 bridgehead atoms. The molecule has 1 aromatic rings. The lowest BCUT2D eigenvalue weighted by atomic mass is 9.96. The fourth-order valence-corrected chi connectivity index (χ4v) is 2.19. The standard InChI is InChI=1S/C16H25NO/c1-4-9-13(3)16(18)17-12-14(5-2)15-10-7-6-8-11-15/h6-8,10-11,13-14H,4-5,9,12H2,1-3H3,(H,17,18). The molecule has 0 spiro atoms. The quantitative estimate of drug-likeness (QED) is 0.781. The van der Waals surface area contributed by atoms with Crippen molar-refractivity contribution >= 4 is 5.91 Å². The second-order valence-electron chi connectivity index (χ2n) is 4.95. The van der Waals surface area contributed by atoms with E-state index >= 15 is 0 Å². The predicted molar refractivity (Wildman–Crippen MR) is 76.6 cm³/mol. The van der Waals surface area contributed by atoms with Crippen molar-refractivity contribution in [3.8, 4) is 0 Å². The van der Waals surface area contributed by atoms with Gasteiger partial charge in [-0.05, 0) is 18.4 Å². The number of hydrogen-bond acceptors (Lipinski definition) is 1. The van der Waals surface area contributed by atoms with Gasteiger partial charge < -0.3 is 5.32 Å². The van der Waals surface area contributed by atoms with E-state index < -0.39 is 0 Å². The lowest BCUT2D eigenvalue weighted by Gasteiger charge is -2.18. The minimum Gasteiger partial charge on any atom is -0.355 e. The van der Waals surface area contributed by atoms with Gasteiger partial charge in [-0.2, -0.15) is 0 Å². The van der Waals surface area contributed by atoms with Crippen LogP contribution in [0.4, 0.5) is 0 Å². The zero-order chi connectivity index (χ0) is 13.4. The van der Waals surface area contributed by atoms with E-state index in [0.29, 0.717) is 5.92 Å². The molecule has 0 aliphatic carbocycles. The molecular weight excluding hydrogens is 222 g/mol. The molecule has 1 rings (SSSR count). The van der Waals surface area contributed by atoms with Gasteiger partial charge in [-0.25, -0.2) is 0 Å². The summed E-state index contributed by atoms with van der Waals surface area (Å²) in [5, 5.41) is 3.08. The molecule has 1 N–H and O–H groups in total. The van der Waals surface area contributed by atoms with Crippen molar-refractivity contribution in [2.45, 2.75) is 46.0 Å². The fraction of sp³-hybridized carbons (Fsp3) is 0.562. The number of rotatable bonds is 7. The van der Waals surface area contributed by atoms with E-state index in [-0.39, 0.29) is 11.8 Å². The number of benzene rings is 1. The summed E-state index contributed by atoms with van der Waals surface area (Å²) in [5.74, 6) is 0.735. The molecule has 0 aromatic heterocycles. The molecule has 18 heavy (non-hydrogen) atoms. The van der Waals surface area contributed by atoms with Crippen molar-refractivity contribution < 1.29 is 4.79 Å². The van der Waals surface area contributed by atoms with Crippen LogP contribution in [0.1, 0.15) is 51.5 Å². The Hall–Kier alpha value is -1.31. The van der Waals surface area contributed by atoms with Crippen LogP contribution in [0, 0.1) is 5.92 Å². The summed E-state index contributed by atoms with van der Waals surface area (Å²) in [6.45, 7) is 7.03. The van der Waals surface area contributed by atoms with Crippen LogP contribution in [0.25, 0.3) is 0 Å². The Morgan fingerprint density at radius 1 is 1.22 bits per heavy atom. The Bertz CT molecular complexity index is 347.